The zero-order valence-corrected chi connectivity index (χ0v) is 26.1. The van der Waals surface area contributed by atoms with E-state index < -0.39 is 33.6 Å². The lowest BCUT2D eigenvalue weighted by atomic mass is 9.78. The maximum absolute atomic E-state index is 13.4. The van der Waals surface area contributed by atoms with Crippen LogP contribution in [0.25, 0.3) is 0 Å². The number of rotatable bonds is 12. The number of esters is 1. The van der Waals surface area contributed by atoms with E-state index in [0.29, 0.717) is 25.7 Å². The van der Waals surface area contributed by atoms with Gasteiger partial charge in [0.25, 0.3) is 0 Å². The van der Waals surface area contributed by atoms with Gasteiger partial charge in [-0.3, -0.25) is 9.59 Å². The molecule has 3 aromatic rings. The summed E-state index contributed by atoms with van der Waals surface area (Å²) >= 11 is 0. The van der Waals surface area contributed by atoms with Crippen molar-refractivity contribution in [3.63, 3.8) is 0 Å². The molecule has 0 unspecified atom stereocenters. The van der Waals surface area contributed by atoms with Crippen molar-refractivity contribution in [2.24, 2.45) is 17.6 Å². The first-order chi connectivity index (χ1) is 20.8. The van der Waals surface area contributed by atoms with Crippen molar-refractivity contribution in [2.45, 2.75) is 61.6 Å². The molecule has 0 aliphatic heterocycles. The van der Waals surface area contributed by atoms with Gasteiger partial charge in [-0.2, -0.15) is 13.2 Å². The fourth-order valence-corrected chi connectivity index (χ4v) is 7.27. The van der Waals surface area contributed by atoms with Crippen molar-refractivity contribution in [2.75, 3.05) is 12.4 Å². The van der Waals surface area contributed by atoms with E-state index in [0.717, 1.165) is 35.4 Å². The minimum absolute atomic E-state index is 0. The summed E-state index contributed by atoms with van der Waals surface area (Å²) in [6.45, 7) is -0.0292. The van der Waals surface area contributed by atoms with Gasteiger partial charge in [0.2, 0.25) is 0 Å². The molecule has 0 bridgehead atoms. The second-order valence-corrected chi connectivity index (χ2v) is 13.4. The standard InChI is InChI=1S/C33H36F3NO6S.ClH/c34-33(35,36)27-12-16-29(17-13-27)44(41,42)21-23-6-10-25(11-7-23)31(39)19-26(24-4-2-1-3-5-24)20-43-32(40)30(37)18-22-8-14-28(38)15-9-22;/h1-5,8-9,12-17,23,25-26,30,38H,6-7,10-11,18-21,37H2;1H/t23?,25?,26-,30+;/m1./s1. The van der Waals surface area contributed by atoms with E-state index >= 15 is 0 Å². The second kappa shape index (κ2) is 15.7. The number of hydrogen-bond acceptors (Lipinski definition) is 7. The number of carbonyl (C=O) groups is 2. The van der Waals surface area contributed by atoms with Crippen LogP contribution >= 0.6 is 12.4 Å². The van der Waals surface area contributed by atoms with E-state index in [4.69, 9.17) is 10.5 Å². The lowest BCUT2D eigenvalue weighted by Gasteiger charge is -2.28. The molecule has 0 heterocycles. The van der Waals surface area contributed by atoms with Crippen LogP contribution in [0.15, 0.2) is 83.8 Å². The van der Waals surface area contributed by atoms with Crippen molar-refractivity contribution in [1.29, 1.82) is 0 Å². The number of benzene rings is 3. The van der Waals surface area contributed by atoms with Crippen LogP contribution in [0.5, 0.6) is 5.75 Å². The fraction of sp³-hybridized carbons (Fsp3) is 0.394. The second-order valence-electron chi connectivity index (χ2n) is 11.4. The summed E-state index contributed by atoms with van der Waals surface area (Å²) in [6.07, 6.45) is -2.15. The number of phenolic OH excluding ortho intramolecular Hbond substituents is 1. The molecule has 4 rings (SSSR count). The molecule has 1 fully saturated rings. The number of Topliss-reactive ketones (excluding diaryl/α,β-unsaturated/α-hetero) is 1. The number of sulfone groups is 1. The number of carbonyl (C=O) groups excluding carboxylic acids is 2. The van der Waals surface area contributed by atoms with Gasteiger partial charge in [-0.15, -0.1) is 12.4 Å². The molecule has 0 aromatic heterocycles. The van der Waals surface area contributed by atoms with Crippen LogP contribution < -0.4 is 5.73 Å². The first-order valence-electron chi connectivity index (χ1n) is 14.5. The first-order valence-corrected chi connectivity index (χ1v) is 16.1. The van der Waals surface area contributed by atoms with E-state index in [-0.39, 0.29) is 71.8 Å². The summed E-state index contributed by atoms with van der Waals surface area (Å²) in [6, 6.07) is 18.2. The molecule has 1 saturated carbocycles. The van der Waals surface area contributed by atoms with Crippen molar-refractivity contribution in [3.05, 3.63) is 95.6 Å². The molecule has 244 valence electrons. The molecule has 2 atom stereocenters. The molecular weight excluding hydrogens is 631 g/mol. The number of aromatic hydroxyl groups is 1. The average Bonchev–Trinajstić information content (AvgIpc) is 3.00. The van der Waals surface area contributed by atoms with Gasteiger partial charge >= 0.3 is 12.1 Å². The zero-order valence-electron chi connectivity index (χ0n) is 24.5. The van der Waals surface area contributed by atoms with Crippen LogP contribution in [0.1, 0.15) is 54.7 Å². The molecule has 0 spiro atoms. The SMILES string of the molecule is Cl.N[C@@H](Cc1ccc(O)cc1)C(=O)OC[C@@H](CC(=O)C1CCC(CS(=O)(=O)c2ccc(C(F)(F)F)cc2)CC1)c1ccccc1. The highest BCUT2D eigenvalue weighted by Crippen LogP contribution is 2.35. The molecule has 1 aliphatic carbocycles. The van der Waals surface area contributed by atoms with Crippen LogP contribution in [-0.2, 0) is 36.8 Å². The summed E-state index contributed by atoms with van der Waals surface area (Å²) in [5, 5.41) is 9.45. The molecule has 3 N–H and O–H groups in total. The summed E-state index contributed by atoms with van der Waals surface area (Å²) < 4.78 is 69.8. The summed E-state index contributed by atoms with van der Waals surface area (Å²) in [5.74, 6) is -1.52. The normalized spacial score (nSPS) is 18.3. The molecule has 7 nitrogen and oxygen atoms in total. The number of phenols is 1. The predicted molar refractivity (Wildman–Crippen MR) is 166 cm³/mol. The molecule has 1 aliphatic rings. The molecule has 0 radical (unpaired) electrons. The number of alkyl halides is 3. The number of halogens is 4. The highest BCUT2D eigenvalue weighted by atomic mass is 35.5. The van der Waals surface area contributed by atoms with E-state index in [1.54, 1.807) is 12.1 Å². The molecule has 0 saturated heterocycles. The Labute approximate surface area is 267 Å². The van der Waals surface area contributed by atoms with Gasteiger partial charge in [0.1, 0.15) is 17.6 Å². The zero-order chi connectivity index (χ0) is 31.9. The number of ketones is 1. The van der Waals surface area contributed by atoms with Gasteiger partial charge in [-0.25, -0.2) is 8.42 Å². The molecule has 45 heavy (non-hydrogen) atoms. The lowest BCUT2D eigenvalue weighted by Crippen LogP contribution is -2.35. The number of hydrogen-bond donors (Lipinski definition) is 2. The van der Waals surface area contributed by atoms with Crippen molar-refractivity contribution in [3.8, 4) is 5.75 Å². The Morgan fingerprint density at radius 3 is 2.09 bits per heavy atom. The first kappa shape index (κ1) is 36.1. The Hall–Kier alpha value is -3.41. The summed E-state index contributed by atoms with van der Waals surface area (Å²) in [4.78, 5) is 25.9. The third-order valence-electron chi connectivity index (χ3n) is 8.14. The molecule has 12 heteroatoms. The van der Waals surface area contributed by atoms with Crippen LogP contribution in [-0.4, -0.2) is 43.7 Å². The van der Waals surface area contributed by atoms with Crippen molar-refractivity contribution >= 4 is 34.0 Å². The van der Waals surface area contributed by atoms with Crippen LogP contribution in [0.3, 0.4) is 0 Å². The van der Waals surface area contributed by atoms with Gasteiger partial charge in [0.15, 0.2) is 9.84 Å². The molecule has 3 aromatic carbocycles. The highest BCUT2D eigenvalue weighted by molar-refractivity contribution is 7.91. The number of nitrogens with two attached hydrogens (primary N) is 1. The Kier molecular flexibility index (Phi) is 12.6. The Morgan fingerprint density at radius 2 is 1.51 bits per heavy atom. The smallest absolute Gasteiger partial charge is 0.416 e. The average molecular weight is 668 g/mol. The Morgan fingerprint density at radius 1 is 0.911 bits per heavy atom. The summed E-state index contributed by atoms with van der Waals surface area (Å²) in [5.41, 5.74) is 6.76. The lowest BCUT2D eigenvalue weighted by molar-refractivity contribution is -0.146. The monoisotopic (exact) mass is 667 g/mol. The largest absolute Gasteiger partial charge is 0.508 e. The van der Waals surface area contributed by atoms with Gasteiger partial charge in [-0.05, 0) is 85.5 Å². The van der Waals surface area contributed by atoms with Crippen LogP contribution in [0, 0.1) is 11.8 Å². The van der Waals surface area contributed by atoms with Gasteiger partial charge in [0.05, 0.1) is 22.8 Å². The fourth-order valence-electron chi connectivity index (χ4n) is 5.58. The van der Waals surface area contributed by atoms with Crippen molar-refractivity contribution < 1.29 is 41.0 Å². The minimum atomic E-state index is -4.55. The maximum Gasteiger partial charge on any atom is 0.416 e. The topological polar surface area (TPSA) is 124 Å². The van der Waals surface area contributed by atoms with Crippen LogP contribution in [0.2, 0.25) is 0 Å². The van der Waals surface area contributed by atoms with Gasteiger partial charge < -0.3 is 15.6 Å². The maximum atomic E-state index is 13.4. The van der Waals surface area contributed by atoms with Gasteiger partial charge in [0, 0.05) is 18.3 Å². The Bertz CT molecular complexity index is 1510. The van der Waals surface area contributed by atoms with E-state index in [2.05, 4.69) is 0 Å². The third-order valence-corrected chi connectivity index (χ3v) is 10.0. The summed E-state index contributed by atoms with van der Waals surface area (Å²) in [7, 11) is -3.78. The minimum Gasteiger partial charge on any atom is -0.508 e. The molecule has 0 amide bonds. The van der Waals surface area contributed by atoms with Crippen molar-refractivity contribution in [1.82, 2.24) is 0 Å². The van der Waals surface area contributed by atoms with E-state index in [1.165, 1.54) is 12.1 Å². The predicted octanol–water partition coefficient (Wildman–Crippen LogP) is 6.27. The van der Waals surface area contributed by atoms with E-state index in [1.807, 2.05) is 30.3 Å². The third kappa shape index (κ3) is 10.3. The Balaban J connectivity index is 0.00000552. The van der Waals surface area contributed by atoms with Crippen LogP contribution in [0.4, 0.5) is 13.2 Å². The highest BCUT2D eigenvalue weighted by Gasteiger charge is 2.33. The number of ether oxygens (including phenoxy) is 1. The molecular formula is C33H37ClF3NO6S. The van der Waals surface area contributed by atoms with Gasteiger partial charge in [-0.1, -0.05) is 42.5 Å². The quantitative estimate of drug-likeness (QED) is 0.218. The van der Waals surface area contributed by atoms with E-state index in [9.17, 15) is 36.3 Å².